The third kappa shape index (κ3) is 4.86. The minimum absolute atomic E-state index is 0.0493. The lowest BCUT2D eigenvalue weighted by Gasteiger charge is -2.38. The number of hydrogen-bond donors (Lipinski definition) is 0. The number of rotatable bonds is 6. The number of carbonyl (C=O) groups excluding carboxylic acids is 1. The number of likely N-dealkylation sites (N-methyl/N-ethyl adjacent to an activating group) is 1. The van der Waals surface area contributed by atoms with Crippen LogP contribution in [-0.2, 0) is 13.0 Å². The Morgan fingerprint density at radius 2 is 1.61 bits per heavy atom. The van der Waals surface area contributed by atoms with E-state index in [1.807, 2.05) is 23.1 Å². The number of fused-ring (bicyclic) bond motifs is 1. The molecular formula is C28H33N5O3. The molecule has 8 heteroatoms. The molecule has 2 aliphatic heterocycles. The molecule has 0 radical (unpaired) electrons. The maximum atomic E-state index is 13.6. The molecule has 0 bridgehead atoms. The van der Waals surface area contributed by atoms with Crippen molar-refractivity contribution in [1.82, 2.24) is 19.8 Å². The molecule has 0 spiro atoms. The van der Waals surface area contributed by atoms with Gasteiger partial charge < -0.3 is 24.2 Å². The summed E-state index contributed by atoms with van der Waals surface area (Å²) in [5.41, 5.74) is 3.64. The fourth-order valence-corrected chi connectivity index (χ4v) is 4.94. The van der Waals surface area contributed by atoms with Crippen molar-refractivity contribution in [3.63, 3.8) is 0 Å². The molecule has 5 rings (SSSR count). The number of anilines is 1. The highest BCUT2D eigenvalue weighted by Gasteiger charge is 2.30. The van der Waals surface area contributed by atoms with Crippen LogP contribution in [0.25, 0.3) is 11.4 Å². The lowest BCUT2D eigenvalue weighted by molar-refractivity contribution is 0.0732. The summed E-state index contributed by atoms with van der Waals surface area (Å²) >= 11 is 0. The summed E-state index contributed by atoms with van der Waals surface area (Å²) in [5.74, 6) is 2.85. The van der Waals surface area contributed by atoms with E-state index in [0.29, 0.717) is 36.6 Å². The molecule has 3 heterocycles. The Labute approximate surface area is 212 Å². The van der Waals surface area contributed by atoms with Gasteiger partial charge in [0.2, 0.25) is 0 Å². The van der Waals surface area contributed by atoms with E-state index in [-0.39, 0.29) is 5.91 Å². The van der Waals surface area contributed by atoms with Crippen molar-refractivity contribution >= 4 is 11.7 Å². The van der Waals surface area contributed by atoms with Crippen LogP contribution in [0.4, 0.5) is 5.82 Å². The van der Waals surface area contributed by atoms with E-state index < -0.39 is 0 Å². The molecule has 2 aromatic carbocycles. The summed E-state index contributed by atoms with van der Waals surface area (Å²) in [6.45, 7) is 8.15. The number of ether oxygens (including phenoxy) is 2. The Hall–Kier alpha value is -3.65. The molecule has 0 aliphatic carbocycles. The van der Waals surface area contributed by atoms with Crippen LogP contribution in [0.5, 0.6) is 11.5 Å². The fraction of sp³-hybridized carbons (Fsp3) is 0.393. The molecule has 36 heavy (non-hydrogen) atoms. The largest absolute Gasteiger partial charge is 0.497 e. The summed E-state index contributed by atoms with van der Waals surface area (Å²) in [4.78, 5) is 30.3. The molecule has 0 saturated carbocycles. The molecule has 1 amide bonds. The SMILES string of the molecule is CCN1CCN(c2nc(-c3ccccc3)nc3c2CN(C(=O)c2cc(OC)cc(OC)c2)CC3)CC1. The van der Waals surface area contributed by atoms with Crippen molar-refractivity contribution in [3.05, 3.63) is 65.4 Å². The van der Waals surface area contributed by atoms with E-state index in [1.54, 1.807) is 32.4 Å². The molecular weight excluding hydrogens is 454 g/mol. The zero-order valence-corrected chi connectivity index (χ0v) is 21.2. The average molecular weight is 488 g/mol. The van der Waals surface area contributed by atoms with Crippen LogP contribution in [0.2, 0.25) is 0 Å². The molecule has 0 atom stereocenters. The molecule has 8 nitrogen and oxygen atoms in total. The Morgan fingerprint density at radius 3 is 2.25 bits per heavy atom. The first kappa shape index (κ1) is 24.1. The van der Waals surface area contributed by atoms with E-state index in [0.717, 1.165) is 61.2 Å². The van der Waals surface area contributed by atoms with Crippen LogP contribution in [0.15, 0.2) is 48.5 Å². The van der Waals surface area contributed by atoms with Gasteiger partial charge >= 0.3 is 0 Å². The summed E-state index contributed by atoms with van der Waals surface area (Å²) in [7, 11) is 3.18. The highest BCUT2D eigenvalue weighted by Crippen LogP contribution is 2.32. The van der Waals surface area contributed by atoms with E-state index in [4.69, 9.17) is 19.4 Å². The minimum Gasteiger partial charge on any atom is -0.497 e. The van der Waals surface area contributed by atoms with Crippen LogP contribution < -0.4 is 14.4 Å². The minimum atomic E-state index is -0.0493. The van der Waals surface area contributed by atoms with Crippen LogP contribution >= 0.6 is 0 Å². The maximum Gasteiger partial charge on any atom is 0.254 e. The zero-order valence-electron chi connectivity index (χ0n) is 21.2. The van der Waals surface area contributed by atoms with Gasteiger partial charge in [-0.25, -0.2) is 9.97 Å². The Balaban J connectivity index is 1.49. The molecule has 2 aliphatic rings. The molecule has 1 fully saturated rings. The third-order valence-electron chi connectivity index (χ3n) is 7.08. The average Bonchev–Trinajstić information content (AvgIpc) is 2.96. The zero-order chi connectivity index (χ0) is 25.1. The topological polar surface area (TPSA) is 71.0 Å². The standard InChI is InChI=1S/C28H33N5O3/c1-4-31-12-14-32(15-13-31)27-24-19-33(28(34)21-16-22(35-2)18-23(17-21)36-3)11-10-25(24)29-26(30-27)20-8-6-5-7-9-20/h5-9,16-18H,4,10-15,19H2,1-3H3. The van der Waals surface area contributed by atoms with Gasteiger partial charge in [-0.15, -0.1) is 0 Å². The van der Waals surface area contributed by atoms with Gasteiger partial charge in [0.15, 0.2) is 5.82 Å². The summed E-state index contributed by atoms with van der Waals surface area (Å²) < 4.78 is 10.8. The second-order valence-corrected chi connectivity index (χ2v) is 9.16. The number of methoxy groups -OCH3 is 2. The van der Waals surface area contributed by atoms with Gasteiger partial charge in [0.25, 0.3) is 5.91 Å². The number of carbonyl (C=O) groups is 1. The summed E-state index contributed by atoms with van der Waals surface area (Å²) in [6, 6.07) is 15.4. The van der Waals surface area contributed by atoms with Crippen molar-refractivity contribution in [2.75, 3.05) is 58.4 Å². The molecule has 1 saturated heterocycles. The van der Waals surface area contributed by atoms with Crippen LogP contribution in [0, 0.1) is 0 Å². The van der Waals surface area contributed by atoms with E-state index in [2.05, 4.69) is 28.9 Å². The van der Waals surface area contributed by atoms with Gasteiger partial charge in [-0.05, 0) is 18.7 Å². The van der Waals surface area contributed by atoms with Crippen LogP contribution in [0.1, 0.15) is 28.5 Å². The Bertz CT molecular complexity index is 1200. The quantitative estimate of drug-likeness (QED) is 0.527. The second kappa shape index (κ2) is 10.5. The summed E-state index contributed by atoms with van der Waals surface area (Å²) in [5, 5.41) is 0. The normalized spacial score (nSPS) is 16.0. The number of nitrogens with zero attached hydrogens (tertiary/aromatic N) is 5. The predicted molar refractivity (Wildman–Crippen MR) is 140 cm³/mol. The van der Waals surface area contributed by atoms with E-state index in [1.165, 1.54) is 0 Å². The Morgan fingerprint density at radius 1 is 0.917 bits per heavy atom. The number of aromatic nitrogens is 2. The maximum absolute atomic E-state index is 13.6. The van der Waals surface area contributed by atoms with Gasteiger partial charge in [-0.3, -0.25) is 4.79 Å². The van der Waals surface area contributed by atoms with Crippen LogP contribution in [-0.4, -0.2) is 79.2 Å². The van der Waals surface area contributed by atoms with Gasteiger partial charge in [0.05, 0.1) is 26.5 Å². The Kier molecular flexibility index (Phi) is 7.04. The van der Waals surface area contributed by atoms with Crippen molar-refractivity contribution in [1.29, 1.82) is 0 Å². The monoisotopic (exact) mass is 487 g/mol. The van der Waals surface area contributed by atoms with Gasteiger partial charge in [-0.2, -0.15) is 0 Å². The lowest BCUT2D eigenvalue weighted by Crippen LogP contribution is -2.47. The van der Waals surface area contributed by atoms with Crippen molar-refractivity contribution < 1.29 is 14.3 Å². The number of benzene rings is 2. The van der Waals surface area contributed by atoms with Crippen molar-refractivity contribution in [3.8, 4) is 22.9 Å². The van der Waals surface area contributed by atoms with Crippen molar-refractivity contribution in [2.24, 2.45) is 0 Å². The first-order valence-electron chi connectivity index (χ1n) is 12.5. The third-order valence-corrected chi connectivity index (χ3v) is 7.08. The fourth-order valence-electron chi connectivity index (χ4n) is 4.94. The van der Waals surface area contributed by atoms with Crippen LogP contribution in [0.3, 0.4) is 0 Å². The van der Waals surface area contributed by atoms with Gasteiger partial charge in [0, 0.05) is 61.9 Å². The first-order chi connectivity index (χ1) is 17.6. The highest BCUT2D eigenvalue weighted by atomic mass is 16.5. The molecule has 1 aromatic heterocycles. The van der Waals surface area contributed by atoms with E-state index in [9.17, 15) is 4.79 Å². The smallest absolute Gasteiger partial charge is 0.254 e. The summed E-state index contributed by atoms with van der Waals surface area (Å²) in [6.07, 6.45) is 0.687. The van der Waals surface area contributed by atoms with Gasteiger partial charge in [-0.1, -0.05) is 37.3 Å². The second-order valence-electron chi connectivity index (χ2n) is 9.16. The first-order valence-corrected chi connectivity index (χ1v) is 12.5. The van der Waals surface area contributed by atoms with Gasteiger partial charge in [0.1, 0.15) is 17.3 Å². The van der Waals surface area contributed by atoms with E-state index >= 15 is 0 Å². The lowest BCUT2D eigenvalue weighted by atomic mass is 10.0. The molecule has 188 valence electrons. The molecule has 3 aromatic rings. The number of amides is 1. The molecule has 0 N–H and O–H groups in total. The number of hydrogen-bond acceptors (Lipinski definition) is 7. The van der Waals surface area contributed by atoms with Crippen molar-refractivity contribution in [2.45, 2.75) is 19.9 Å². The highest BCUT2D eigenvalue weighted by molar-refractivity contribution is 5.95. The number of piperazine rings is 1. The molecule has 0 unspecified atom stereocenters. The predicted octanol–water partition coefficient (Wildman–Crippen LogP) is 3.50.